The van der Waals surface area contributed by atoms with Gasteiger partial charge in [0.05, 0.1) is 13.2 Å². The molecule has 0 spiro atoms. The summed E-state index contributed by atoms with van der Waals surface area (Å²) in [5, 5.41) is 39.6. The Morgan fingerprint density at radius 1 is 1.00 bits per heavy atom. The van der Waals surface area contributed by atoms with Crippen LogP contribution in [0.2, 0.25) is 0 Å². The van der Waals surface area contributed by atoms with Crippen LogP contribution >= 0.6 is 0 Å². The number of nitrogens with two attached hydrogens (primary N) is 1. The normalized spacial score (nSPS) is 26.6. The third-order valence-electron chi connectivity index (χ3n) is 5.20. The van der Waals surface area contributed by atoms with E-state index < -0.39 is 48.8 Å². The number of benzene rings is 2. The van der Waals surface area contributed by atoms with Gasteiger partial charge in [-0.3, -0.25) is 0 Å². The molecule has 0 unspecified atom stereocenters. The van der Waals surface area contributed by atoms with E-state index in [9.17, 15) is 29.2 Å². The van der Waals surface area contributed by atoms with E-state index in [0.717, 1.165) is 0 Å². The molecule has 1 heterocycles. The van der Waals surface area contributed by atoms with Crippen LogP contribution in [0.15, 0.2) is 30.3 Å². The number of halogens is 2. The Kier molecular flexibility index (Phi) is 6.89. The van der Waals surface area contributed by atoms with Gasteiger partial charge in [-0.25, -0.2) is 4.39 Å². The predicted octanol–water partition coefficient (Wildman–Crippen LogP) is 1.05. The zero-order valence-corrected chi connectivity index (χ0v) is 16.3. The lowest BCUT2D eigenvalue weighted by atomic mass is 9.89. The van der Waals surface area contributed by atoms with Crippen LogP contribution in [0.5, 0.6) is 5.75 Å². The predicted molar refractivity (Wildman–Crippen MR) is 104 cm³/mol. The third kappa shape index (κ3) is 4.26. The highest BCUT2D eigenvalue weighted by molar-refractivity contribution is 5.51. The molecule has 0 bridgehead atoms. The van der Waals surface area contributed by atoms with Gasteiger partial charge in [0.15, 0.2) is 11.6 Å². The van der Waals surface area contributed by atoms with Crippen LogP contribution in [0.4, 0.5) is 14.5 Å². The number of ether oxygens (including phenoxy) is 2. The van der Waals surface area contributed by atoms with E-state index in [1.54, 1.807) is 19.1 Å². The molecule has 0 saturated carbocycles. The molecule has 164 valence electrons. The summed E-state index contributed by atoms with van der Waals surface area (Å²) in [6.45, 7) is 1.31. The molecule has 3 rings (SSSR count). The van der Waals surface area contributed by atoms with Crippen molar-refractivity contribution < 1.29 is 38.7 Å². The number of rotatable bonds is 6. The summed E-state index contributed by atoms with van der Waals surface area (Å²) in [6.07, 6.45) is -6.62. The van der Waals surface area contributed by atoms with E-state index in [-0.39, 0.29) is 24.3 Å². The fourth-order valence-electron chi connectivity index (χ4n) is 3.51. The molecule has 2 aromatic rings. The highest BCUT2D eigenvalue weighted by Gasteiger charge is 2.44. The number of aliphatic hydroxyl groups is 4. The second kappa shape index (κ2) is 9.23. The molecule has 9 heteroatoms. The fraction of sp³-hybridized carbons (Fsp3) is 0.429. The van der Waals surface area contributed by atoms with Gasteiger partial charge >= 0.3 is 0 Å². The number of hydrogen-bond acceptors (Lipinski definition) is 7. The molecule has 5 atom stereocenters. The van der Waals surface area contributed by atoms with Crippen LogP contribution in [0.25, 0.3) is 0 Å². The van der Waals surface area contributed by atoms with E-state index in [2.05, 4.69) is 0 Å². The first-order valence-corrected chi connectivity index (χ1v) is 9.56. The smallest absolute Gasteiger partial charge is 0.200 e. The van der Waals surface area contributed by atoms with Gasteiger partial charge in [0.1, 0.15) is 30.5 Å². The monoisotopic (exact) mass is 425 g/mol. The standard InChI is InChI=1S/C21H25F2NO6/c1-2-29-14-6-4-10(16(22)17(14)23)7-12-8-11(3-5-13(12)24)21-20(28)19(27)18(26)15(9-25)30-21/h3-6,8,15,18-21,25-28H,2,7,9,24H2,1H3/t15-,18-,19+,20-,21+/m1/s1. The van der Waals surface area contributed by atoms with Crippen molar-refractivity contribution in [1.82, 2.24) is 0 Å². The van der Waals surface area contributed by atoms with Crippen molar-refractivity contribution in [3.8, 4) is 5.75 Å². The number of anilines is 1. The van der Waals surface area contributed by atoms with E-state index in [0.29, 0.717) is 16.8 Å². The molecule has 30 heavy (non-hydrogen) atoms. The van der Waals surface area contributed by atoms with E-state index in [1.165, 1.54) is 18.2 Å². The van der Waals surface area contributed by atoms with Crippen molar-refractivity contribution in [2.75, 3.05) is 18.9 Å². The molecule has 1 aliphatic rings. The number of nitrogen functional groups attached to an aromatic ring is 1. The molecule has 0 radical (unpaired) electrons. The summed E-state index contributed by atoms with van der Waals surface area (Å²) >= 11 is 0. The van der Waals surface area contributed by atoms with Crippen LogP contribution in [-0.4, -0.2) is 58.1 Å². The fourth-order valence-corrected chi connectivity index (χ4v) is 3.51. The maximum atomic E-state index is 14.5. The van der Waals surface area contributed by atoms with Crippen molar-refractivity contribution >= 4 is 5.69 Å². The van der Waals surface area contributed by atoms with Gasteiger partial charge < -0.3 is 35.6 Å². The molecule has 1 saturated heterocycles. The van der Waals surface area contributed by atoms with Crippen LogP contribution in [0.3, 0.4) is 0 Å². The minimum absolute atomic E-state index is 0.0355. The highest BCUT2D eigenvalue weighted by Crippen LogP contribution is 2.34. The first-order valence-electron chi connectivity index (χ1n) is 9.56. The van der Waals surface area contributed by atoms with Crippen molar-refractivity contribution in [2.24, 2.45) is 0 Å². The zero-order valence-electron chi connectivity index (χ0n) is 16.3. The third-order valence-corrected chi connectivity index (χ3v) is 5.20. The van der Waals surface area contributed by atoms with Crippen molar-refractivity contribution in [3.63, 3.8) is 0 Å². The average molecular weight is 425 g/mol. The minimum Gasteiger partial charge on any atom is -0.491 e. The van der Waals surface area contributed by atoms with Gasteiger partial charge in [-0.1, -0.05) is 18.2 Å². The van der Waals surface area contributed by atoms with Crippen molar-refractivity contribution in [3.05, 3.63) is 58.7 Å². The average Bonchev–Trinajstić information content (AvgIpc) is 2.73. The molecular weight excluding hydrogens is 400 g/mol. The highest BCUT2D eigenvalue weighted by atomic mass is 19.2. The first kappa shape index (κ1) is 22.4. The maximum Gasteiger partial charge on any atom is 0.200 e. The number of hydrogen-bond donors (Lipinski definition) is 5. The summed E-state index contributed by atoms with van der Waals surface area (Å²) in [6, 6.07) is 7.38. The molecule has 1 aliphatic heterocycles. The van der Waals surface area contributed by atoms with Gasteiger partial charge in [-0.15, -0.1) is 0 Å². The van der Waals surface area contributed by atoms with Gasteiger partial charge in [0, 0.05) is 12.1 Å². The zero-order chi connectivity index (χ0) is 22.0. The molecular formula is C21H25F2NO6. The number of aliphatic hydroxyl groups excluding tert-OH is 4. The van der Waals surface area contributed by atoms with E-state index >= 15 is 0 Å². The molecule has 6 N–H and O–H groups in total. The molecule has 0 aromatic heterocycles. The van der Waals surface area contributed by atoms with Crippen molar-refractivity contribution in [1.29, 1.82) is 0 Å². The van der Waals surface area contributed by atoms with Gasteiger partial charge in [-0.2, -0.15) is 4.39 Å². The summed E-state index contributed by atoms with van der Waals surface area (Å²) in [4.78, 5) is 0. The Labute approximate surface area is 172 Å². The summed E-state index contributed by atoms with van der Waals surface area (Å²) in [5.41, 5.74) is 7.23. The Bertz CT molecular complexity index is 894. The van der Waals surface area contributed by atoms with E-state index in [1.807, 2.05) is 0 Å². The largest absolute Gasteiger partial charge is 0.491 e. The summed E-state index contributed by atoms with van der Waals surface area (Å²) in [7, 11) is 0. The van der Waals surface area contributed by atoms with Gasteiger partial charge in [-0.05, 0) is 35.7 Å². The molecule has 1 fully saturated rings. The van der Waals surface area contributed by atoms with Crippen LogP contribution < -0.4 is 10.5 Å². The van der Waals surface area contributed by atoms with Crippen LogP contribution in [0, 0.1) is 11.6 Å². The Morgan fingerprint density at radius 2 is 1.73 bits per heavy atom. The van der Waals surface area contributed by atoms with E-state index in [4.69, 9.17) is 15.2 Å². The second-order valence-electron chi connectivity index (χ2n) is 7.17. The second-order valence-corrected chi connectivity index (χ2v) is 7.17. The van der Waals surface area contributed by atoms with Gasteiger partial charge in [0.25, 0.3) is 0 Å². The Morgan fingerprint density at radius 3 is 2.40 bits per heavy atom. The quantitative estimate of drug-likeness (QED) is 0.438. The molecule has 0 aliphatic carbocycles. The Hall–Kier alpha value is -2.30. The minimum atomic E-state index is -1.53. The van der Waals surface area contributed by atoms with Gasteiger partial charge in [0.2, 0.25) is 5.82 Å². The lowest BCUT2D eigenvalue weighted by molar-refractivity contribution is -0.231. The lowest BCUT2D eigenvalue weighted by Crippen LogP contribution is -2.55. The van der Waals surface area contributed by atoms with Crippen LogP contribution in [0.1, 0.15) is 29.7 Å². The SMILES string of the molecule is CCOc1ccc(Cc2cc([C@@H]3O[C@H](CO)[C@@H](O)[C@H](O)[C@H]3O)ccc2N)c(F)c1F. The summed E-state index contributed by atoms with van der Waals surface area (Å²) in [5.74, 6) is -2.31. The van der Waals surface area contributed by atoms with Crippen molar-refractivity contribution in [2.45, 2.75) is 43.9 Å². The first-order chi connectivity index (χ1) is 14.3. The maximum absolute atomic E-state index is 14.5. The molecule has 0 amide bonds. The Balaban J connectivity index is 1.90. The molecule has 7 nitrogen and oxygen atoms in total. The molecule has 2 aromatic carbocycles. The summed E-state index contributed by atoms with van der Waals surface area (Å²) < 4.78 is 39.2. The lowest BCUT2D eigenvalue weighted by Gasteiger charge is -2.40. The topological polar surface area (TPSA) is 125 Å². The van der Waals surface area contributed by atoms with Crippen LogP contribution in [-0.2, 0) is 11.2 Å².